The van der Waals surface area contributed by atoms with Gasteiger partial charge in [-0.15, -0.1) is 11.8 Å². The molecule has 1 aliphatic heterocycles. The Morgan fingerprint density at radius 1 is 1.41 bits per heavy atom. The number of fused-ring (bicyclic) bond motifs is 1. The fourth-order valence-corrected chi connectivity index (χ4v) is 2.73. The lowest BCUT2D eigenvalue weighted by Crippen LogP contribution is -2.37. The number of rotatable bonds is 3. The molecule has 0 unspecified atom stereocenters. The average Bonchev–Trinajstić information content (AvgIpc) is 2.27. The number of hydrogen-bond acceptors (Lipinski definition) is 3. The van der Waals surface area contributed by atoms with Gasteiger partial charge in [0.2, 0.25) is 5.91 Å². The molecule has 0 atom stereocenters. The first-order valence-corrected chi connectivity index (χ1v) is 6.62. The summed E-state index contributed by atoms with van der Waals surface area (Å²) in [4.78, 5) is 13.0. The number of ether oxygens (including phenoxy) is 1. The fourth-order valence-electron chi connectivity index (χ4n) is 1.64. The van der Waals surface area contributed by atoms with Crippen LogP contribution in [0.3, 0.4) is 0 Å². The number of carbonyl (C=O) groups is 1. The molecule has 0 aromatic heterocycles. The molecule has 3 nitrogen and oxygen atoms in total. The van der Waals surface area contributed by atoms with Crippen LogP contribution in [-0.2, 0) is 4.79 Å². The summed E-state index contributed by atoms with van der Waals surface area (Å²) in [6.45, 7) is 6.58. The number of para-hydroxylation sites is 1. The first kappa shape index (κ1) is 12.3. The molecule has 1 heterocycles. The van der Waals surface area contributed by atoms with E-state index in [4.69, 9.17) is 4.74 Å². The molecule has 2 rings (SSSR count). The summed E-state index contributed by atoms with van der Waals surface area (Å²) in [5.74, 6) is 0.795. The van der Waals surface area contributed by atoms with Crippen LogP contribution in [0.2, 0.25) is 0 Å². The van der Waals surface area contributed by atoms with E-state index in [-0.39, 0.29) is 5.91 Å². The van der Waals surface area contributed by atoms with Crippen LogP contribution in [0.25, 0.3) is 0 Å². The van der Waals surface area contributed by atoms with Crippen molar-refractivity contribution in [2.45, 2.75) is 36.8 Å². The van der Waals surface area contributed by atoms with Crippen molar-refractivity contribution in [3.05, 3.63) is 18.2 Å². The molecule has 1 aliphatic rings. The number of carbonyl (C=O) groups excluding carboxylic acids is 1. The quantitative estimate of drug-likeness (QED) is 0.895. The summed E-state index contributed by atoms with van der Waals surface area (Å²) in [7, 11) is 0. The van der Waals surface area contributed by atoms with E-state index in [0.29, 0.717) is 6.61 Å². The van der Waals surface area contributed by atoms with Crippen molar-refractivity contribution in [1.82, 2.24) is 0 Å². The molecule has 0 aliphatic carbocycles. The van der Waals surface area contributed by atoms with Gasteiger partial charge < -0.3 is 10.1 Å². The van der Waals surface area contributed by atoms with Crippen molar-refractivity contribution in [2.24, 2.45) is 0 Å². The van der Waals surface area contributed by atoms with E-state index < -0.39 is 4.75 Å². The van der Waals surface area contributed by atoms with Crippen molar-refractivity contribution in [3.8, 4) is 5.75 Å². The van der Waals surface area contributed by atoms with Crippen molar-refractivity contribution in [1.29, 1.82) is 0 Å². The van der Waals surface area contributed by atoms with Gasteiger partial charge in [0.1, 0.15) is 5.75 Å². The minimum Gasteiger partial charge on any atom is -0.491 e. The number of nitrogens with one attached hydrogen (secondary N) is 1. The summed E-state index contributed by atoms with van der Waals surface area (Å²) in [6.07, 6.45) is 0.955. The van der Waals surface area contributed by atoms with E-state index in [1.165, 1.54) is 0 Å². The third kappa shape index (κ3) is 2.41. The van der Waals surface area contributed by atoms with Crippen LogP contribution in [0.5, 0.6) is 5.75 Å². The zero-order chi connectivity index (χ0) is 12.5. The van der Waals surface area contributed by atoms with Gasteiger partial charge in [0, 0.05) is 4.90 Å². The smallest absolute Gasteiger partial charge is 0.240 e. The first-order valence-electron chi connectivity index (χ1n) is 5.81. The van der Waals surface area contributed by atoms with Crippen molar-refractivity contribution in [2.75, 3.05) is 11.9 Å². The summed E-state index contributed by atoms with van der Waals surface area (Å²) < 4.78 is 5.22. The largest absolute Gasteiger partial charge is 0.491 e. The second-order valence-electron chi connectivity index (χ2n) is 4.54. The van der Waals surface area contributed by atoms with Crippen molar-refractivity contribution in [3.63, 3.8) is 0 Å². The number of benzene rings is 1. The minimum absolute atomic E-state index is 0.0301. The zero-order valence-corrected chi connectivity index (χ0v) is 11.2. The molecule has 4 heteroatoms. The van der Waals surface area contributed by atoms with Gasteiger partial charge in [-0.05, 0) is 32.4 Å². The predicted molar refractivity (Wildman–Crippen MR) is 70.8 cm³/mol. The molecule has 0 radical (unpaired) electrons. The number of anilines is 1. The Morgan fingerprint density at radius 3 is 2.88 bits per heavy atom. The van der Waals surface area contributed by atoms with Crippen molar-refractivity contribution >= 4 is 23.4 Å². The molecule has 1 N–H and O–H groups in total. The van der Waals surface area contributed by atoms with E-state index in [0.717, 1.165) is 22.8 Å². The van der Waals surface area contributed by atoms with Crippen molar-refractivity contribution < 1.29 is 9.53 Å². The predicted octanol–water partition coefficient (Wildman–Crippen LogP) is 3.30. The third-order valence-corrected chi connectivity index (χ3v) is 3.86. The van der Waals surface area contributed by atoms with E-state index >= 15 is 0 Å². The second-order valence-corrected chi connectivity index (χ2v) is 6.21. The maximum absolute atomic E-state index is 11.9. The zero-order valence-electron chi connectivity index (χ0n) is 10.4. The molecule has 1 amide bonds. The minimum atomic E-state index is -0.420. The molecular formula is C13H17NO2S. The highest BCUT2D eigenvalue weighted by atomic mass is 32.2. The Morgan fingerprint density at radius 2 is 2.18 bits per heavy atom. The van der Waals surface area contributed by atoms with Crippen LogP contribution < -0.4 is 10.1 Å². The Kier molecular flexibility index (Phi) is 3.33. The van der Waals surface area contributed by atoms with Crippen LogP contribution in [0.4, 0.5) is 5.69 Å². The summed E-state index contributed by atoms with van der Waals surface area (Å²) in [5.41, 5.74) is 0.815. The van der Waals surface area contributed by atoms with Gasteiger partial charge in [0.05, 0.1) is 17.0 Å². The fraction of sp³-hybridized carbons (Fsp3) is 0.462. The van der Waals surface area contributed by atoms with Crippen LogP contribution >= 0.6 is 11.8 Å². The van der Waals surface area contributed by atoms with E-state index in [1.54, 1.807) is 11.8 Å². The highest BCUT2D eigenvalue weighted by Crippen LogP contribution is 2.45. The van der Waals surface area contributed by atoms with Crippen LogP contribution in [0.1, 0.15) is 27.2 Å². The first-order chi connectivity index (χ1) is 8.04. The maximum atomic E-state index is 11.9. The topological polar surface area (TPSA) is 38.3 Å². The molecule has 0 spiro atoms. The normalized spacial score (nSPS) is 17.2. The van der Waals surface area contributed by atoms with Crippen LogP contribution in [0.15, 0.2) is 23.1 Å². The van der Waals surface area contributed by atoms with Gasteiger partial charge >= 0.3 is 0 Å². The van der Waals surface area contributed by atoms with Gasteiger partial charge in [-0.2, -0.15) is 0 Å². The van der Waals surface area contributed by atoms with Gasteiger partial charge in [0.15, 0.2) is 0 Å². The molecule has 0 fully saturated rings. The SMILES string of the molecule is CCCOc1cccc2c1NC(=O)C(C)(C)S2. The number of thioether (sulfide) groups is 1. The molecule has 0 bridgehead atoms. The highest BCUT2D eigenvalue weighted by Gasteiger charge is 2.35. The van der Waals surface area contributed by atoms with E-state index in [1.807, 2.05) is 32.0 Å². The van der Waals surface area contributed by atoms with Crippen LogP contribution in [0, 0.1) is 0 Å². The summed E-state index contributed by atoms with van der Waals surface area (Å²) >= 11 is 1.58. The molecule has 1 aromatic carbocycles. The van der Waals surface area contributed by atoms with E-state index in [9.17, 15) is 4.79 Å². The van der Waals surface area contributed by atoms with Gasteiger partial charge in [0.25, 0.3) is 0 Å². The Bertz CT molecular complexity index is 443. The summed E-state index contributed by atoms with van der Waals surface area (Å²) in [5, 5.41) is 2.94. The molecule has 17 heavy (non-hydrogen) atoms. The monoisotopic (exact) mass is 251 g/mol. The Labute approximate surface area is 106 Å². The van der Waals surface area contributed by atoms with E-state index in [2.05, 4.69) is 12.2 Å². The maximum Gasteiger partial charge on any atom is 0.240 e. The third-order valence-electron chi connectivity index (χ3n) is 2.60. The highest BCUT2D eigenvalue weighted by molar-refractivity contribution is 8.01. The molecular weight excluding hydrogens is 234 g/mol. The Hall–Kier alpha value is -1.16. The number of amides is 1. The summed E-state index contributed by atoms with van der Waals surface area (Å²) in [6, 6.07) is 5.87. The lowest BCUT2D eigenvalue weighted by molar-refractivity contribution is -0.117. The molecule has 0 saturated heterocycles. The average molecular weight is 251 g/mol. The van der Waals surface area contributed by atoms with Gasteiger partial charge in [-0.3, -0.25) is 4.79 Å². The standard InChI is InChI=1S/C13H17NO2S/c1-4-8-16-9-6-5-7-10-11(9)14-12(15)13(2,3)17-10/h5-7H,4,8H2,1-3H3,(H,14,15). The number of hydrogen-bond donors (Lipinski definition) is 1. The van der Waals surface area contributed by atoms with Gasteiger partial charge in [-0.1, -0.05) is 13.0 Å². The Balaban J connectivity index is 2.33. The lowest BCUT2D eigenvalue weighted by atomic mass is 10.1. The molecule has 0 saturated carbocycles. The second kappa shape index (κ2) is 4.61. The lowest BCUT2D eigenvalue weighted by Gasteiger charge is -2.30. The van der Waals surface area contributed by atoms with Gasteiger partial charge in [-0.25, -0.2) is 0 Å². The molecule has 92 valence electrons. The molecule has 1 aromatic rings. The van der Waals surface area contributed by atoms with Crippen LogP contribution in [-0.4, -0.2) is 17.3 Å².